The molecule has 0 unspecified atom stereocenters. The fourth-order valence-corrected chi connectivity index (χ4v) is 7.20. The van der Waals surface area contributed by atoms with Crippen LogP contribution >= 0.6 is 0 Å². The molecule has 6 heteroatoms. The number of nitrogens with one attached hydrogen (secondary N) is 1. The Balaban J connectivity index is 1.34. The summed E-state index contributed by atoms with van der Waals surface area (Å²) in [4.78, 5) is 0. The quantitative estimate of drug-likeness (QED) is 0.616. The number of rotatable bonds is 4. The molecule has 0 saturated heterocycles. The lowest BCUT2D eigenvalue weighted by atomic mass is 9.54. The summed E-state index contributed by atoms with van der Waals surface area (Å²) in [6.45, 7) is 2.68. The lowest BCUT2D eigenvalue weighted by Gasteiger charge is -2.53. The molecule has 0 heterocycles. The first-order chi connectivity index (χ1) is 15.7. The number of aryl methyl sites for hydroxylation is 1. The maximum atomic E-state index is 13.1. The van der Waals surface area contributed by atoms with Crippen LogP contribution < -0.4 is 10.1 Å². The van der Waals surface area contributed by atoms with Gasteiger partial charge in [-0.1, -0.05) is 31.2 Å². The highest BCUT2D eigenvalue weighted by Gasteiger charge is 2.57. The monoisotopic (exact) mass is 459 g/mol. The van der Waals surface area contributed by atoms with Crippen LogP contribution in [0.3, 0.4) is 0 Å². The highest BCUT2D eigenvalue weighted by atomic mass is 19.4. The van der Waals surface area contributed by atoms with Gasteiger partial charge in [0.2, 0.25) is 0 Å². The molecule has 3 nitrogen and oxygen atoms in total. The fraction of sp³-hybridized carbons (Fsp3) is 0.556. The van der Waals surface area contributed by atoms with Crippen molar-refractivity contribution < 1.29 is 23.0 Å². The van der Waals surface area contributed by atoms with Crippen molar-refractivity contribution in [1.82, 2.24) is 5.32 Å². The minimum atomic E-state index is -4.33. The van der Waals surface area contributed by atoms with Crippen molar-refractivity contribution in [1.29, 1.82) is 0 Å². The Kier molecular flexibility index (Phi) is 5.73. The molecular weight excluding hydrogens is 427 g/mol. The van der Waals surface area contributed by atoms with Crippen LogP contribution in [-0.2, 0) is 19.1 Å². The van der Waals surface area contributed by atoms with E-state index in [0.29, 0.717) is 30.4 Å². The molecule has 0 radical (unpaired) electrons. The standard InChI is InChI=1S/C27H32F3NO2/c1-26-14-23(32)25-20-9-7-19(33-2)13-17(20)6-8-21(25)22(26)10-11-24(26)31-15-16-4-3-5-18(12-16)27(28,29)30/h3-5,7,9,12-13,21-25,31-32H,6,8,10-11,14-15H2,1-2H3/t21-,22-,23-,24-,25+,26-/m0/s1. The molecule has 2 fully saturated rings. The summed E-state index contributed by atoms with van der Waals surface area (Å²) in [7, 11) is 1.68. The van der Waals surface area contributed by atoms with Gasteiger partial charge < -0.3 is 15.2 Å². The number of methoxy groups -OCH3 is 1. The zero-order valence-corrected chi connectivity index (χ0v) is 19.2. The summed E-state index contributed by atoms with van der Waals surface area (Å²) in [6.07, 6.45) is 0.105. The summed E-state index contributed by atoms with van der Waals surface area (Å²) < 4.78 is 44.7. The first kappa shape index (κ1) is 22.7. The molecule has 5 rings (SSSR count). The molecule has 2 N–H and O–H groups in total. The van der Waals surface area contributed by atoms with E-state index in [-0.39, 0.29) is 17.4 Å². The molecule has 0 spiro atoms. The maximum Gasteiger partial charge on any atom is 0.416 e. The Hall–Kier alpha value is -2.05. The summed E-state index contributed by atoms with van der Waals surface area (Å²) in [5.41, 5.74) is 2.53. The fourth-order valence-electron chi connectivity index (χ4n) is 7.20. The number of benzene rings is 2. The van der Waals surface area contributed by atoms with Crippen molar-refractivity contribution in [2.24, 2.45) is 17.3 Å². The largest absolute Gasteiger partial charge is 0.497 e. The Bertz CT molecular complexity index is 1020. The van der Waals surface area contributed by atoms with Gasteiger partial charge in [-0.15, -0.1) is 0 Å². The van der Waals surface area contributed by atoms with E-state index in [1.54, 1.807) is 13.2 Å². The number of aliphatic hydroxyl groups is 1. The van der Waals surface area contributed by atoms with Gasteiger partial charge >= 0.3 is 6.18 Å². The Morgan fingerprint density at radius 2 is 1.94 bits per heavy atom. The maximum absolute atomic E-state index is 13.1. The zero-order valence-electron chi connectivity index (χ0n) is 19.2. The van der Waals surface area contributed by atoms with Crippen molar-refractivity contribution in [2.75, 3.05) is 7.11 Å². The lowest BCUT2D eigenvalue weighted by Crippen LogP contribution is -2.53. The van der Waals surface area contributed by atoms with Gasteiger partial charge in [0, 0.05) is 18.5 Å². The number of alkyl halides is 3. The third kappa shape index (κ3) is 3.95. The molecular formula is C27H32F3NO2. The van der Waals surface area contributed by atoms with Gasteiger partial charge in [0.05, 0.1) is 18.8 Å². The third-order valence-electron chi connectivity index (χ3n) is 8.71. The van der Waals surface area contributed by atoms with Crippen LogP contribution in [0.5, 0.6) is 5.75 Å². The average Bonchev–Trinajstić information content (AvgIpc) is 3.12. The second kappa shape index (κ2) is 8.31. The van der Waals surface area contributed by atoms with E-state index < -0.39 is 17.8 Å². The minimum absolute atomic E-state index is 0.0633. The molecule has 6 atom stereocenters. The van der Waals surface area contributed by atoms with Crippen LogP contribution in [0.1, 0.15) is 60.8 Å². The van der Waals surface area contributed by atoms with E-state index in [1.165, 1.54) is 23.3 Å². The second-order valence-corrected chi connectivity index (χ2v) is 10.4. The van der Waals surface area contributed by atoms with Crippen LogP contribution in [0, 0.1) is 17.3 Å². The molecule has 2 saturated carbocycles. The smallest absolute Gasteiger partial charge is 0.416 e. The van der Waals surface area contributed by atoms with Crippen LogP contribution in [0.15, 0.2) is 42.5 Å². The molecule has 2 aromatic rings. The molecule has 2 aromatic carbocycles. The molecule has 33 heavy (non-hydrogen) atoms. The summed E-state index contributed by atoms with van der Waals surface area (Å²) >= 11 is 0. The topological polar surface area (TPSA) is 41.5 Å². The molecule has 3 aliphatic rings. The predicted octanol–water partition coefficient (Wildman–Crippen LogP) is 5.70. The number of hydrogen-bond donors (Lipinski definition) is 2. The third-order valence-corrected chi connectivity index (χ3v) is 8.71. The van der Waals surface area contributed by atoms with Gasteiger partial charge in [-0.2, -0.15) is 13.2 Å². The van der Waals surface area contributed by atoms with Crippen LogP contribution in [0.2, 0.25) is 0 Å². The van der Waals surface area contributed by atoms with E-state index in [1.807, 2.05) is 6.07 Å². The highest BCUT2D eigenvalue weighted by molar-refractivity contribution is 5.41. The lowest BCUT2D eigenvalue weighted by molar-refractivity contribution is -0.137. The van der Waals surface area contributed by atoms with Crippen molar-refractivity contribution >= 4 is 0 Å². The zero-order chi connectivity index (χ0) is 23.4. The van der Waals surface area contributed by atoms with E-state index in [0.717, 1.165) is 37.5 Å². The van der Waals surface area contributed by atoms with E-state index in [4.69, 9.17) is 4.74 Å². The van der Waals surface area contributed by atoms with Crippen molar-refractivity contribution in [3.8, 4) is 5.75 Å². The van der Waals surface area contributed by atoms with E-state index >= 15 is 0 Å². The highest BCUT2D eigenvalue weighted by Crippen LogP contribution is 2.61. The Morgan fingerprint density at radius 3 is 2.70 bits per heavy atom. The van der Waals surface area contributed by atoms with Gasteiger partial charge in [0.25, 0.3) is 0 Å². The number of fused-ring (bicyclic) bond motifs is 5. The predicted molar refractivity (Wildman–Crippen MR) is 121 cm³/mol. The average molecular weight is 460 g/mol. The normalized spacial score (nSPS) is 33.2. The van der Waals surface area contributed by atoms with Crippen molar-refractivity contribution in [3.63, 3.8) is 0 Å². The molecule has 0 aliphatic heterocycles. The van der Waals surface area contributed by atoms with Crippen LogP contribution in [0.4, 0.5) is 13.2 Å². The SMILES string of the molecule is COc1ccc2c(c1)CC[C@@H]1[C@@H]2[C@@H](O)C[C@]2(C)[C@@H](NCc3cccc(C(F)(F)F)c3)CC[C@@H]12. The molecule has 0 bridgehead atoms. The first-order valence-electron chi connectivity index (χ1n) is 11.9. The van der Waals surface area contributed by atoms with Crippen molar-refractivity contribution in [3.05, 3.63) is 64.7 Å². The minimum Gasteiger partial charge on any atom is -0.497 e. The van der Waals surface area contributed by atoms with Gasteiger partial charge in [-0.05, 0) is 84.2 Å². The first-order valence-corrected chi connectivity index (χ1v) is 11.9. The molecule has 0 amide bonds. The number of hydrogen-bond acceptors (Lipinski definition) is 3. The van der Waals surface area contributed by atoms with Gasteiger partial charge in [-0.25, -0.2) is 0 Å². The van der Waals surface area contributed by atoms with Gasteiger partial charge in [0.1, 0.15) is 5.75 Å². The summed E-state index contributed by atoms with van der Waals surface area (Å²) in [5.74, 6) is 1.95. The summed E-state index contributed by atoms with van der Waals surface area (Å²) in [5, 5.41) is 14.9. The van der Waals surface area contributed by atoms with E-state index in [2.05, 4.69) is 24.4 Å². The Morgan fingerprint density at radius 1 is 1.12 bits per heavy atom. The van der Waals surface area contributed by atoms with Crippen molar-refractivity contribution in [2.45, 2.75) is 69.8 Å². The van der Waals surface area contributed by atoms with Crippen LogP contribution in [-0.4, -0.2) is 24.4 Å². The number of halogens is 3. The molecule has 3 aliphatic carbocycles. The van der Waals surface area contributed by atoms with Gasteiger partial charge in [-0.3, -0.25) is 0 Å². The second-order valence-electron chi connectivity index (χ2n) is 10.4. The van der Waals surface area contributed by atoms with Crippen LogP contribution in [0.25, 0.3) is 0 Å². The molecule has 0 aromatic heterocycles. The summed E-state index contributed by atoms with van der Waals surface area (Å²) in [6, 6.07) is 12.0. The van der Waals surface area contributed by atoms with E-state index in [9.17, 15) is 18.3 Å². The number of ether oxygens (including phenoxy) is 1. The molecule has 178 valence electrons. The Labute approximate surface area is 193 Å². The number of aliphatic hydroxyl groups excluding tert-OH is 1. The van der Waals surface area contributed by atoms with Gasteiger partial charge in [0.15, 0.2) is 0 Å².